The van der Waals surface area contributed by atoms with Crippen molar-refractivity contribution in [3.8, 4) is 45.0 Å². The Morgan fingerprint density at radius 1 is 0.500 bits per heavy atom. The lowest BCUT2D eigenvalue weighted by molar-refractivity contribution is 0.660. The molecule has 0 radical (unpaired) electrons. The normalized spacial score (nSPS) is 14.2. The molecule has 0 aliphatic heterocycles. The second-order valence-corrected chi connectivity index (χ2v) is 16.5. The average molecular weight is 750 g/mol. The molecule has 0 saturated heterocycles. The molecule has 0 bridgehead atoms. The fourth-order valence-corrected chi connectivity index (χ4v) is 9.65. The molecule has 0 spiro atoms. The van der Waals surface area contributed by atoms with Crippen LogP contribution < -0.4 is 10.6 Å². The van der Waals surface area contributed by atoms with Gasteiger partial charge < -0.3 is 4.90 Å². The van der Waals surface area contributed by atoms with Crippen molar-refractivity contribution in [2.45, 2.75) is 38.5 Å². The van der Waals surface area contributed by atoms with Crippen molar-refractivity contribution >= 4 is 33.6 Å². The first kappa shape index (κ1) is 34.1. The molecule has 2 aliphatic rings. The van der Waals surface area contributed by atoms with Crippen molar-refractivity contribution in [3.05, 3.63) is 197 Å². The van der Waals surface area contributed by atoms with Crippen molar-refractivity contribution in [2.75, 3.05) is 4.90 Å². The molecule has 0 atom stereocenters. The molecule has 0 N–H and O–H groups in total. The SMILES string of the molecule is CC1(C)c2ccccc2-c2cc(N(c3ccc(-c4nc5ccccc5c5nc(-c6ccccc6)nc(=O)n45)cc3)c3cccc4c3C(C)(C)c3ccccc3-4)ccc21. The van der Waals surface area contributed by atoms with Gasteiger partial charge in [0.05, 0.1) is 11.2 Å². The van der Waals surface area contributed by atoms with Crippen LogP contribution in [0.5, 0.6) is 0 Å². The van der Waals surface area contributed by atoms with E-state index in [-0.39, 0.29) is 10.8 Å². The zero-order chi connectivity index (χ0) is 39.3. The smallest absolute Gasteiger partial charge is 0.310 e. The van der Waals surface area contributed by atoms with E-state index in [1.165, 1.54) is 44.5 Å². The number of aromatic nitrogens is 4. The van der Waals surface area contributed by atoms with Crippen LogP contribution in [0.3, 0.4) is 0 Å². The summed E-state index contributed by atoms with van der Waals surface area (Å²) in [5.41, 5.74) is 15.7. The molecule has 11 rings (SSSR count). The highest BCUT2D eigenvalue weighted by atomic mass is 16.1. The van der Waals surface area contributed by atoms with Gasteiger partial charge in [-0.1, -0.05) is 137 Å². The zero-order valence-electron chi connectivity index (χ0n) is 32.7. The number of hydrogen-bond donors (Lipinski definition) is 0. The molecule has 0 amide bonds. The van der Waals surface area contributed by atoms with E-state index in [1.807, 2.05) is 54.6 Å². The summed E-state index contributed by atoms with van der Waals surface area (Å²) in [4.78, 5) is 30.9. The highest BCUT2D eigenvalue weighted by Gasteiger charge is 2.40. The van der Waals surface area contributed by atoms with E-state index < -0.39 is 5.69 Å². The Hall–Kier alpha value is -7.18. The van der Waals surface area contributed by atoms with Gasteiger partial charge in [0, 0.05) is 38.7 Å². The first-order valence-electron chi connectivity index (χ1n) is 19.8. The molecule has 2 aromatic heterocycles. The standard InChI is InChI=1S/C52H39N5O/c1-51(2)41-21-11-9-18-37(41)40-31-35(29-30-43(40)51)56(45-24-14-20-38-36-17-8-12-22-42(36)52(3,4)46(38)45)34-27-25-33(26-28-34)48-53-44-23-13-10-19-39(44)49-54-47(55-50(58)57(48)49)32-15-6-5-7-16-32/h5-31H,1-4H3. The van der Waals surface area contributed by atoms with E-state index in [4.69, 9.17) is 9.97 Å². The van der Waals surface area contributed by atoms with Crippen LogP contribution in [0.25, 0.3) is 61.6 Å². The largest absolute Gasteiger partial charge is 0.357 e. The predicted molar refractivity (Wildman–Crippen MR) is 235 cm³/mol. The van der Waals surface area contributed by atoms with Crippen LogP contribution in [-0.4, -0.2) is 19.4 Å². The van der Waals surface area contributed by atoms with Crippen molar-refractivity contribution in [3.63, 3.8) is 0 Å². The molecular formula is C52H39N5O. The predicted octanol–water partition coefficient (Wildman–Crippen LogP) is 12.1. The molecule has 2 aliphatic carbocycles. The summed E-state index contributed by atoms with van der Waals surface area (Å²) in [5, 5.41) is 0.786. The van der Waals surface area contributed by atoms with Gasteiger partial charge in [-0.25, -0.2) is 19.2 Å². The molecule has 6 heteroatoms. The van der Waals surface area contributed by atoms with Crippen LogP contribution in [0.4, 0.5) is 17.1 Å². The lowest BCUT2D eigenvalue weighted by atomic mass is 9.81. The van der Waals surface area contributed by atoms with Gasteiger partial charge in [0.2, 0.25) is 0 Å². The number of rotatable bonds is 5. The number of hydrogen-bond acceptors (Lipinski definition) is 5. The molecule has 0 saturated carbocycles. The summed E-state index contributed by atoms with van der Waals surface area (Å²) < 4.78 is 1.55. The summed E-state index contributed by atoms with van der Waals surface area (Å²) in [5.74, 6) is 0.879. The van der Waals surface area contributed by atoms with Crippen LogP contribution in [0.2, 0.25) is 0 Å². The van der Waals surface area contributed by atoms with Gasteiger partial charge in [-0.15, -0.1) is 0 Å². The topological polar surface area (TPSA) is 63.4 Å². The summed E-state index contributed by atoms with van der Waals surface area (Å²) in [6.07, 6.45) is 0. The summed E-state index contributed by atoms with van der Waals surface area (Å²) in [7, 11) is 0. The zero-order valence-corrected chi connectivity index (χ0v) is 32.7. The van der Waals surface area contributed by atoms with Crippen LogP contribution in [0, 0.1) is 0 Å². The van der Waals surface area contributed by atoms with Crippen molar-refractivity contribution in [1.29, 1.82) is 0 Å². The quantitative estimate of drug-likeness (QED) is 0.164. The number of nitrogens with zero attached hydrogens (tertiary/aromatic N) is 5. The molecule has 2 heterocycles. The first-order chi connectivity index (χ1) is 28.2. The van der Waals surface area contributed by atoms with E-state index in [0.29, 0.717) is 17.3 Å². The Balaban J connectivity index is 1.11. The molecule has 58 heavy (non-hydrogen) atoms. The maximum absolute atomic E-state index is 14.0. The maximum Gasteiger partial charge on any atom is 0.357 e. The highest BCUT2D eigenvalue weighted by Crippen LogP contribution is 2.55. The fraction of sp³-hybridized carbons (Fsp3) is 0.115. The van der Waals surface area contributed by atoms with Crippen molar-refractivity contribution in [1.82, 2.24) is 19.4 Å². The molecule has 9 aromatic rings. The number of fused-ring (bicyclic) bond motifs is 9. The van der Waals surface area contributed by atoms with Crippen molar-refractivity contribution < 1.29 is 0 Å². The number of anilines is 3. The monoisotopic (exact) mass is 749 g/mol. The molecular weight excluding hydrogens is 711 g/mol. The second kappa shape index (κ2) is 12.4. The van der Waals surface area contributed by atoms with Gasteiger partial charge in [0.1, 0.15) is 0 Å². The van der Waals surface area contributed by atoms with Gasteiger partial charge in [-0.2, -0.15) is 4.98 Å². The Morgan fingerprint density at radius 2 is 1.12 bits per heavy atom. The molecule has 0 fully saturated rings. The van der Waals surface area contributed by atoms with Crippen LogP contribution in [-0.2, 0) is 10.8 Å². The van der Waals surface area contributed by atoms with Gasteiger partial charge in [-0.05, 0) is 99.1 Å². The van der Waals surface area contributed by atoms with Gasteiger partial charge in [0.15, 0.2) is 17.3 Å². The second-order valence-electron chi connectivity index (χ2n) is 16.5. The first-order valence-corrected chi connectivity index (χ1v) is 19.8. The third kappa shape index (κ3) is 4.91. The van der Waals surface area contributed by atoms with Crippen LogP contribution in [0.15, 0.2) is 169 Å². The highest BCUT2D eigenvalue weighted by molar-refractivity contribution is 5.95. The lowest BCUT2D eigenvalue weighted by Crippen LogP contribution is -2.22. The van der Waals surface area contributed by atoms with E-state index in [1.54, 1.807) is 4.40 Å². The molecule has 0 unspecified atom stereocenters. The van der Waals surface area contributed by atoms with E-state index in [0.717, 1.165) is 39.1 Å². The third-order valence-corrected chi connectivity index (χ3v) is 12.4. The Labute approximate surface area is 336 Å². The Bertz CT molecular complexity index is 3200. The van der Waals surface area contributed by atoms with E-state index in [2.05, 4.69) is 147 Å². The summed E-state index contributed by atoms with van der Waals surface area (Å²) in [6.45, 7) is 9.31. The van der Waals surface area contributed by atoms with Gasteiger partial charge >= 0.3 is 5.69 Å². The Kier molecular flexibility index (Phi) is 7.30. The lowest BCUT2D eigenvalue weighted by Gasteiger charge is -2.32. The van der Waals surface area contributed by atoms with Gasteiger partial charge in [0.25, 0.3) is 0 Å². The number of benzene rings is 7. The summed E-state index contributed by atoms with van der Waals surface area (Å²) in [6, 6.07) is 57.1. The number of para-hydroxylation sites is 1. The minimum absolute atomic E-state index is 0.103. The molecule has 278 valence electrons. The van der Waals surface area contributed by atoms with Crippen molar-refractivity contribution in [2.24, 2.45) is 0 Å². The van der Waals surface area contributed by atoms with Crippen LogP contribution in [0.1, 0.15) is 49.9 Å². The minimum Gasteiger partial charge on any atom is -0.310 e. The average Bonchev–Trinajstić information content (AvgIpc) is 3.63. The molecule has 7 aromatic carbocycles. The van der Waals surface area contributed by atoms with E-state index >= 15 is 0 Å². The molecule has 6 nitrogen and oxygen atoms in total. The van der Waals surface area contributed by atoms with Crippen LogP contribution >= 0.6 is 0 Å². The fourth-order valence-electron chi connectivity index (χ4n) is 9.65. The van der Waals surface area contributed by atoms with E-state index in [9.17, 15) is 4.79 Å². The van der Waals surface area contributed by atoms with Gasteiger partial charge in [-0.3, -0.25) is 0 Å². The Morgan fingerprint density at radius 3 is 1.90 bits per heavy atom. The summed E-state index contributed by atoms with van der Waals surface area (Å²) >= 11 is 0. The third-order valence-electron chi connectivity index (χ3n) is 12.4. The minimum atomic E-state index is -0.425. The maximum atomic E-state index is 14.0.